The van der Waals surface area contributed by atoms with Gasteiger partial charge in [-0.05, 0) is 25.0 Å². The SMILES string of the molecule is CCCNc1nc2c(Cl)cc([N+](=O)[O-])cc2cc1C. The van der Waals surface area contributed by atoms with Crippen LogP contribution in [0.4, 0.5) is 11.5 Å². The van der Waals surface area contributed by atoms with Gasteiger partial charge in [-0.15, -0.1) is 0 Å². The third-order valence-electron chi connectivity index (χ3n) is 2.80. The predicted molar refractivity (Wildman–Crippen MR) is 76.9 cm³/mol. The number of nitrogens with zero attached hydrogens (tertiary/aromatic N) is 2. The van der Waals surface area contributed by atoms with Crippen molar-refractivity contribution in [2.75, 3.05) is 11.9 Å². The highest BCUT2D eigenvalue weighted by molar-refractivity contribution is 6.35. The lowest BCUT2D eigenvalue weighted by Crippen LogP contribution is -2.04. The molecule has 1 N–H and O–H groups in total. The summed E-state index contributed by atoms with van der Waals surface area (Å²) in [6.07, 6.45) is 0.993. The number of hydrogen-bond acceptors (Lipinski definition) is 4. The van der Waals surface area contributed by atoms with Crippen molar-refractivity contribution in [2.45, 2.75) is 20.3 Å². The van der Waals surface area contributed by atoms with E-state index in [1.165, 1.54) is 12.1 Å². The van der Waals surface area contributed by atoms with Crippen LogP contribution in [0.3, 0.4) is 0 Å². The van der Waals surface area contributed by atoms with Crippen LogP contribution < -0.4 is 5.32 Å². The van der Waals surface area contributed by atoms with Gasteiger partial charge in [-0.1, -0.05) is 18.5 Å². The molecule has 1 aromatic heterocycles. The van der Waals surface area contributed by atoms with E-state index in [0.29, 0.717) is 15.9 Å². The summed E-state index contributed by atoms with van der Waals surface area (Å²) >= 11 is 6.07. The molecule has 1 aromatic carbocycles. The van der Waals surface area contributed by atoms with E-state index in [0.717, 1.165) is 24.3 Å². The Hall–Kier alpha value is -1.88. The maximum absolute atomic E-state index is 10.8. The third-order valence-corrected chi connectivity index (χ3v) is 3.09. The maximum atomic E-state index is 10.8. The number of non-ortho nitro benzene ring substituents is 1. The van der Waals surface area contributed by atoms with Crippen molar-refractivity contribution < 1.29 is 4.92 Å². The Morgan fingerprint density at radius 3 is 2.79 bits per heavy atom. The monoisotopic (exact) mass is 279 g/mol. The first-order valence-electron chi connectivity index (χ1n) is 6.02. The molecule has 5 nitrogen and oxygen atoms in total. The molecule has 0 aliphatic heterocycles. The summed E-state index contributed by atoms with van der Waals surface area (Å²) < 4.78 is 0. The molecule has 0 amide bonds. The lowest BCUT2D eigenvalue weighted by atomic mass is 10.1. The zero-order valence-corrected chi connectivity index (χ0v) is 11.5. The van der Waals surface area contributed by atoms with Crippen molar-refractivity contribution in [3.63, 3.8) is 0 Å². The molecule has 0 spiro atoms. The molecule has 19 heavy (non-hydrogen) atoms. The number of aryl methyl sites for hydroxylation is 1. The van der Waals surface area contributed by atoms with Crippen molar-refractivity contribution in [3.8, 4) is 0 Å². The van der Waals surface area contributed by atoms with Gasteiger partial charge in [-0.25, -0.2) is 4.98 Å². The average Bonchev–Trinajstić information content (AvgIpc) is 2.36. The van der Waals surface area contributed by atoms with Crippen molar-refractivity contribution >= 4 is 34.0 Å². The highest BCUT2D eigenvalue weighted by Gasteiger charge is 2.13. The Balaban J connectivity index is 2.57. The van der Waals surface area contributed by atoms with Gasteiger partial charge in [-0.3, -0.25) is 10.1 Å². The second-order valence-corrected chi connectivity index (χ2v) is 4.74. The largest absolute Gasteiger partial charge is 0.370 e. The smallest absolute Gasteiger partial charge is 0.271 e. The number of nitro benzene ring substituents is 1. The summed E-state index contributed by atoms with van der Waals surface area (Å²) in [4.78, 5) is 14.8. The topological polar surface area (TPSA) is 68.1 Å². The fourth-order valence-corrected chi connectivity index (χ4v) is 2.13. The quantitative estimate of drug-likeness (QED) is 0.680. The van der Waals surface area contributed by atoms with E-state index >= 15 is 0 Å². The minimum Gasteiger partial charge on any atom is -0.370 e. The normalized spacial score (nSPS) is 10.7. The molecule has 0 aliphatic rings. The van der Waals surface area contributed by atoms with Gasteiger partial charge < -0.3 is 5.32 Å². The summed E-state index contributed by atoms with van der Waals surface area (Å²) in [5, 5.41) is 15.0. The Kier molecular flexibility index (Phi) is 3.85. The Morgan fingerprint density at radius 2 is 2.16 bits per heavy atom. The summed E-state index contributed by atoms with van der Waals surface area (Å²) in [5.41, 5.74) is 1.50. The molecule has 6 heteroatoms. The van der Waals surface area contributed by atoms with Crippen molar-refractivity contribution in [1.82, 2.24) is 4.98 Å². The Morgan fingerprint density at radius 1 is 1.42 bits per heavy atom. The van der Waals surface area contributed by atoms with Gasteiger partial charge in [0.15, 0.2) is 0 Å². The summed E-state index contributed by atoms with van der Waals surface area (Å²) in [6.45, 7) is 4.81. The van der Waals surface area contributed by atoms with Crippen LogP contribution in [0.5, 0.6) is 0 Å². The number of rotatable bonds is 4. The van der Waals surface area contributed by atoms with E-state index in [2.05, 4.69) is 17.2 Å². The van der Waals surface area contributed by atoms with Crippen LogP contribution in [0.2, 0.25) is 5.02 Å². The fraction of sp³-hybridized carbons (Fsp3) is 0.308. The molecule has 0 unspecified atom stereocenters. The van der Waals surface area contributed by atoms with Crippen LogP contribution in [0.15, 0.2) is 18.2 Å². The molecule has 100 valence electrons. The van der Waals surface area contributed by atoms with Gasteiger partial charge in [0.25, 0.3) is 5.69 Å². The van der Waals surface area contributed by atoms with Crippen LogP contribution in [-0.2, 0) is 0 Å². The van der Waals surface area contributed by atoms with Gasteiger partial charge >= 0.3 is 0 Å². The summed E-state index contributed by atoms with van der Waals surface area (Å²) in [5.74, 6) is 0.769. The average molecular weight is 280 g/mol. The number of nitrogens with one attached hydrogen (secondary N) is 1. The van der Waals surface area contributed by atoms with Crippen molar-refractivity contribution in [1.29, 1.82) is 0 Å². The van der Waals surface area contributed by atoms with E-state index < -0.39 is 4.92 Å². The van der Waals surface area contributed by atoms with Crippen LogP contribution >= 0.6 is 11.6 Å². The minimum absolute atomic E-state index is 0.0204. The maximum Gasteiger partial charge on any atom is 0.271 e. The fourth-order valence-electron chi connectivity index (χ4n) is 1.86. The second kappa shape index (κ2) is 5.40. The molecular weight excluding hydrogens is 266 g/mol. The lowest BCUT2D eigenvalue weighted by Gasteiger charge is -2.10. The van der Waals surface area contributed by atoms with Gasteiger partial charge in [0.2, 0.25) is 0 Å². The molecule has 0 atom stereocenters. The highest BCUT2D eigenvalue weighted by atomic mass is 35.5. The molecule has 2 aromatic rings. The van der Waals surface area contributed by atoms with Crippen molar-refractivity contribution in [3.05, 3.63) is 38.9 Å². The Bertz CT molecular complexity index is 643. The van der Waals surface area contributed by atoms with E-state index in [4.69, 9.17) is 11.6 Å². The zero-order chi connectivity index (χ0) is 14.0. The molecule has 0 fully saturated rings. The number of anilines is 1. The van der Waals surface area contributed by atoms with Gasteiger partial charge in [0.05, 0.1) is 15.5 Å². The van der Waals surface area contributed by atoms with E-state index in [1.54, 1.807) is 0 Å². The molecule has 0 radical (unpaired) electrons. The lowest BCUT2D eigenvalue weighted by molar-refractivity contribution is -0.384. The number of benzene rings is 1. The number of aromatic nitrogens is 1. The van der Waals surface area contributed by atoms with Gasteiger partial charge in [-0.2, -0.15) is 0 Å². The highest BCUT2D eigenvalue weighted by Crippen LogP contribution is 2.30. The second-order valence-electron chi connectivity index (χ2n) is 4.34. The molecule has 0 saturated carbocycles. The summed E-state index contributed by atoms with van der Waals surface area (Å²) in [7, 11) is 0. The number of hydrogen-bond donors (Lipinski definition) is 1. The molecular formula is C13H14ClN3O2. The van der Waals surface area contributed by atoms with Crippen LogP contribution in [0, 0.1) is 17.0 Å². The minimum atomic E-state index is -0.454. The van der Waals surface area contributed by atoms with Crippen LogP contribution in [0.25, 0.3) is 10.9 Å². The first kappa shape index (κ1) is 13.5. The van der Waals surface area contributed by atoms with E-state index in [9.17, 15) is 10.1 Å². The molecule has 0 aliphatic carbocycles. The van der Waals surface area contributed by atoms with Gasteiger partial charge in [0, 0.05) is 24.1 Å². The zero-order valence-electron chi connectivity index (χ0n) is 10.7. The number of fused-ring (bicyclic) bond motifs is 1. The molecule has 0 bridgehead atoms. The van der Waals surface area contributed by atoms with Crippen LogP contribution in [0.1, 0.15) is 18.9 Å². The van der Waals surface area contributed by atoms with E-state index in [1.807, 2.05) is 13.0 Å². The first-order valence-corrected chi connectivity index (χ1v) is 6.40. The van der Waals surface area contributed by atoms with E-state index in [-0.39, 0.29) is 5.69 Å². The molecule has 0 saturated heterocycles. The molecule has 2 rings (SSSR count). The summed E-state index contributed by atoms with van der Waals surface area (Å²) in [6, 6.07) is 4.68. The number of halogens is 1. The molecule has 1 heterocycles. The third kappa shape index (κ3) is 2.76. The standard InChI is InChI=1S/C13H14ClN3O2/c1-3-4-15-13-8(2)5-9-6-10(17(18)19)7-11(14)12(9)16-13/h5-7H,3-4H2,1-2H3,(H,15,16). The first-order chi connectivity index (χ1) is 9.02. The number of pyridine rings is 1. The van der Waals surface area contributed by atoms with Gasteiger partial charge in [0.1, 0.15) is 5.82 Å². The van der Waals surface area contributed by atoms with Crippen LogP contribution in [-0.4, -0.2) is 16.5 Å². The Labute approximate surface area is 115 Å². The predicted octanol–water partition coefficient (Wildman–Crippen LogP) is 3.93. The van der Waals surface area contributed by atoms with Crippen molar-refractivity contribution in [2.24, 2.45) is 0 Å². The number of nitro groups is 1.